The van der Waals surface area contributed by atoms with Crippen LogP contribution in [-0.4, -0.2) is 9.78 Å². The first-order chi connectivity index (χ1) is 16.4. The van der Waals surface area contributed by atoms with Crippen LogP contribution in [0.1, 0.15) is 16.7 Å². The fourth-order valence-corrected chi connectivity index (χ4v) is 4.03. The van der Waals surface area contributed by atoms with Crippen molar-refractivity contribution >= 4 is 10.9 Å². The summed E-state index contributed by atoms with van der Waals surface area (Å²) >= 11 is 0. The number of rotatable bonds is 5. The van der Waals surface area contributed by atoms with Gasteiger partial charge in [0.25, 0.3) is 0 Å². The Morgan fingerprint density at radius 1 is 0.794 bits per heavy atom. The minimum Gasteiger partial charge on any atom is -0.457 e. The number of aromatic nitrogens is 2. The lowest BCUT2D eigenvalue weighted by atomic mass is 10.0. The molecule has 0 amide bonds. The van der Waals surface area contributed by atoms with E-state index in [2.05, 4.69) is 5.10 Å². The summed E-state index contributed by atoms with van der Waals surface area (Å²) in [5.74, 6) is 1.40. The highest BCUT2D eigenvalue weighted by Gasteiger charge is 2.34. The Morgan fingerprint density at radius 2 is 1.50 bits per heavy atom. The van der Waals surface area contributed by atoms with Crippen molar-refractivity contribution in [3.05, 3.63) is 114 Å². The number of alkyl halides is 3. The van der Waals surface area contributed by atoms with Crippen LogP contribution in [0.5, 0.6) is 11.5 Å². The predicted molar refractivity (Wildman–Crippen MR) is 127 cm³/mol. The van der Waals surface area contributed by atoms with Crippen LogP contribution in [0.3, 0.4) is 0 Å². The van der Waals surface area contributed by atoms with E-state index in [0.717, 1.165) is 28.5 Å². The molecule has 0 aliphatic heterocycles. The number of para-hydroxylation sites is 1. The second-order valence-corrected chi connectivity index (χ2v) is 8.08. The standard InChI is InChI=1S/C28H21F3N2O/c1-19-8-5-6-13-25(19)34-22-16-14-21(15-17-22)27-23-11-7-12-24(28(29,30)31)26(23)32-33(27)18-20-9-3-2-4-10-20/h2-17H,18H2,1H3. The first-order valence-corrected chi connectivity index (χ1v) is 10.8. The molecule has 0 N–H and O–H groups in total. The van der Waals surface area contributed by atoms with Gasteiger partial charge in [-0.05, 0) is 54.4 Å². The number of aryl methyl sites for hydroxylation is 1. The summed E-state index contributed by atoms with van der Waals surface area (Å²) in [5, 5.41) is 4.87. The van der Waals surface area contributed by atoms with Crippen LogP contribution in [-0.2, 0) is 12.7 Å². The van der Waals surface area contributed by atoms with Gasteiger partial charge in [-0.15, -0.1) is 0 Å². The minimum absolute atomic E-state index is 0.0545. The Kier molecular flexibility index (Phi) is 5.57. The summed E-state index contributed by atoms with van der Waals surface area (Å²) < 4.78 is 48.8. The molecular formula is C28H21F3N2O. The zero-order valence-corrected chi connectivity index (χ0v) is 18.4. The molecule has 4 aromatic carbocycles. The molecule has 0 saturated heterocycles. The lowest BCUT2D eigenvalue weighted by Crippen LogP contribution is -2.06. The molecule has 5 rings (SSSR count). The highest BCUT2D eigenvalue weighted by molar-refractivity contribution is 5.95. The molecule has 0 fully saturated rings. The fourth-order valence-electron chi connectivity index (χ4n) is 4.03. The number of fused-ring (bicyclic) bond motifs is 1. The van der Waals surface area contributed by atoms with Crippen LogP contribution in [0.25, 0.3) is 22.2 Å². The van der Waals surface area contributed by atoms with Crippen molar-refractivity contribution in [1.29, 1.82) is 0 Å². The van der Waals surface area contributed by atoms with E-state index in [-0.39, 0.29) is 5.52 Å². The normalized spacial score (nSPS) is 11.6. The van der Waals surface area contributed by atoms with E-state index in [9.17, 15) is 13.2 Å². The predicted octanol–water partition coefficient (Wildman–Crippen LogP) is 7.87. The average molecular weight is 458 g/mol. The van der Waals surface area contributed by atoms with Crippen LogP contribution in [0, 0.1) is 6.92 Å². The molecule has 0 radical (unpaired) electrons. The molecule has 1 heterocycles. The van der Waals surface area contributed by atoms with Crippen molar-refractivity contribution in [3.63, 3.8) is 0 Å². The number of hydrogen-bond acceptors (Lipinski definition) is 2. The third-order valence-corrected chi connectivity index (χ3v) is 5.70. The third kappa shape index (κ3) is 4.27. The Labute approximate surface area is 195 Å². The topological polar surface area (TPSA) is 27.1 Å². The highest BCUT2D eigenvalue weighted by Crippen LogP contribution is 2.38. The average Bonchev–Trinajstić information content (AvgIpc) is 3.19. The first-order valence-electron chi connectivity index (χ1n) is 10.8. The maximum atomic E-state index is 13.7. The van der Waals surface area contributed by atoms with Gasteiger partial charge in [-0.25, -0.2) is 0 Å². The van der Waals surface area contributed by atoms with Gasteiger partial charge in [0.05, 0.1) is 17.8 Å². The van der Waals surface area contributed by atoms with Crippen molar-refractivity contribution in [2.75, 3.05) is 0 Å². The molecule has 34 heavy (non-hydrogen) atoms. The Bertz CT molecular complexity index is 1440. The zero-order valence-electron chi connectivity index (χ0n) is 18.4. The fraction of sp³-hybridized carbons (Fsp3) is 0.107. The summed E-state index contributed by atoms with van der Waals surface area (Å²) in [6, 6.07) is 28.8. The third-order valence-electron chi connectivity index (χ3n) is 5.70. The molecule has 0 saturated carbocycles. The molecule has 6 heteroatoms. The van der Waals surface area contributed by atoms with Gasteiger partial charge in [0, 0.05) is 10.9 Å². The van der Waals surface area contributed by atoms with Crippen LogP contribution < -0.4 is 4.74 Å². The quantitative estimate of drug-likeness (QED) is 0.268. The maximum Gasteiger partial charge on any atom is 0.418 e. The Morgan fingerprint density at radius 3 is 2.21 bits per heavy atom. The summed E-state index contributed by atoms with van der Waals surface area (Å²) in [4.78, 5) is 0. The van der Waals surface area contributed by atoms with Crippen molar-refractivity contribution in [3.8, 4) is 22.8 Å². The second kappa shape index (κ2) is 8.71. The largest absolute Gasteiger partial charge is 0.457 e. The lowest BCUT2D eigenvalue weighted by molar-refractivity contribution is -0.136. The first kappa shape index (κ1) is 21.8. The maximum absolute atomic E-state index is 13.7. The van der Waals surface area contributed by atoms with E-state index in [0.29, 0.717) is 23.4 Å². The molecule has 170 valence electrons. The van der Waals surface area contributed by atoms with Crippen LogP contribution in [0.15, 0.2) is 97.1 Å². The summed E-state index contributed by atoms with van der Waals surface area (Å²) in [6.07, 6.45) is -4.49. The van der Waals surface area contributed by atoms with Crippen LogP contribution in [0.2, 0.25) is 0 Å². The number of nitrogens with zero attached hydrogens (tertiary/aromatic N) is 2. The Balaban J connectivity index is 1.60. The van der Waals surface area contributed by atoms with Gasteiger partial charge in [0.1, 0.15) is 17.0 Å². The van der Waals surface area contributed by atoms with Gasteiger partial charge in [0.2, 0.25) is 0 Å². The molecule has 5 aromatic rings. The van der Waals surface area contributed by atoms with Gasteiger partial charge in [-0.2, -0.15) is 18.3 Å². The SMILES string of the molecule is Cc1ccccc1Oc1ccc(-c2c3cccc(C(F)(F)F)c3nn2Cc2ccccc2)cc1. The molecule has 3 nitrogen and oxygen atoms in total. The smallest absolute Gasteiger partial charge is 0.418 e. The van der Waals surface area contributed by atoms with Crippen LogP contribution >= 0.6 is 0 Å². The van der Waals surface area contributed by atoms with E-state index < -0.39 is 11.7 Å². The van der Waals surface area contributed by atoms with Crippen molar-refractivity contribution in [1.82, 2.24) is 9.78 Å². The van der Waals surface area contributed by atoms with E-state index in [4.69, 9.17) is 4.74 Å². The lowest BCUT2D eigenvalue weighted by Gasteiger charge is -2.11. The van der Waals surface area contributed by atoms with Crippen molar-refractivity contribution in [2.45, 2.75) is 19.6 Å². The highest BCUT2D eigenvalue weighted by atomic mass is 19.4. The molecular weight excluding hydrogens is 437 g/mol. The van der Waals surface area contributed by atoms with Gasteiger partial charge in [0.15, 0.2) is 0 Å². The van der Waals surface area contributed by atoms with Gasteiger partial charge >= 0.3 is 6.18 Å². The molecule has 0 aliphatic rings. The number of halogens is 3. The van der Waals surface area contributed by atoms with E-state index >= 15 is 0 Å². The number of ether oxygens (including phenoxy) is 1. The van der Waals surface area contributed by atoms with E-state index in [1.54, 1.807) is 10.7 Å². The molecule has 0 atom stereocenters. The molecule has 0 unspecified atom stereocenters. The van der Waals surface area contributed by atoms with Gasteiger partial charge in [-0.3, -0.25) is 4.68 Å². The number of hydrogen-bond donors (Lipinski definition) is 0. The molecule has 0 aliphatic carbocycles. The Hall–Kier alpha value is -4.06. The summed E-state index contributed by atoms with van der Waals surface area (Å²) in [5.41, 5.74) is 2.56. The number of benzene rings is 4. The summed E-state index contributed by atoms with van der Waals surface area (Å²) in [6.45, 7) is 2.32. The second-order valence-electron chi connectivity index (χ2n) is 8.08. The van der Waals surface area contributed by atoms with E-state index in [1.807, 2.05) is 85.8 Å². The molecule has 1 aromatic heterocycles. The van der Waals surface area contributed by atoms with Gasteiger partial charge < -0.3 is 4.74 Å². The zero-order chi connectivity index (χ0) is 23.7. The van der Waals surface area contributed by atoms with E-state index in [1.165, 1.54) is 6.07 Å². The molecule has 0 spiro atoms. The van der Waals surface area contributed by atoms with Crippen LogP contribution in [0.4, 0.5) is 13.2 Å². The molecule has 0 bridgehead atoms. The summed E-state index contributed by atoms with van der Waals surface area (Å²) in [7, 11) is 0. The monoisotopic (exact) mass is 458 g/mol. The van der Waals surface area contributed by atoms with Crippen molar-refractivity contribution < 1.29 is 17.9 Å². The van der Waals surface area contributed by atoms with Crippen molar-refractivity contribution in [2.24, 2.45) is 0 Å². The minimum atomic E-state index is -4.49. The van der Waals surface area contributed by atoms with Gasteiger partial charge in [-0.1, -0.05) is 60.7 Å².